The zero-order valence-corrected chi connectivity index (χ0v) is 24.1. The third-order valence-corrected chi connectivity index (χ3v) is 7.70. The molecule has 0 saturated heterocycles. The molecular weight excluding hydrogens is 541 g/mol. The maximum atomic E-state index is 13.7. The van der Waals surface area contributed by atoms with E-state index < -0.39 is 28.5 Å². The molecule has 0 aromatic heterocycles. The predicted octanol–water partition coefficient (Wildman–Crippen LogP) is 4.11. The number of carbonyl (C=O) groups excluding carboxylic acids is 2. The average Bonchev–Trinajstić information content (AvgIpc) is 2.85. The second-order valence-corrected chi connectivity index (χ2v) is 11.3. The Morgan fingerprint density at radius 1 is 1.03 bits per heavy atom. The maximum Gasteiger partial charge on any atom is 0.244 e. The number of nitrogens with one attached hydrogen (secondary N) is 1. The molecule has 1 N–H and O–H groups in total. The smallest absolute Gasteiger partial charge is 0.244 e. The van der Waals surface area contributed by atoms with Gasteiger partial charge < -0.3 is 19.7 Å². The highest BCUT2D eigenvalue weighted by Crippen LogP contribution is 2.34. The van der Waals surface area contributed by atoms with Gasteiger partial charge in [0.05, 0.1) is 36.2 Å². The van der Waals surface area contributed by atoms with Crippen LogP contribution in [0.2, 0.25) is 10.0 Å². The van der Waals surface area contributed by atoms with E-state index in [2.05, 4.69) is 5.32 Å². The fourth-order valence-corrected chi connectivity index (χ4v) is 4.63. The quantitative estimate of drug-likeness (QED) is 0.409. The summed E-state index contributed by atoms with van der Waals surface area (Å²) in [5.41, 5.74) is 0.750. The van der Waals surface area contributed by atoms with E-state index in [1.165, 1.54) is 25.2 Å². The molecule has 0 aliphatic heterocycles. The first-order chi connectivity index (χ1) is 17.3. The SMILES string of the molecule is CC[C@H](C)NC(=O)[C@H](C)N(Cc1ccc(Cl)c(Cl)c1)C(=O)CN(c1cc(OC)ccc1OC)S(C)(=O)=O. The molecule has 2 aromatic carbocycles. The summed E-state index contributed by atoms with van der Waals surface area (Å²) in [6.07, 6.45) is 1.69. The van der Waals surface area contributed by atoms with Gasteiger partial charge in [-0.3, -0.25) is 13.9 Å². The van der Waals surface area contributed by atoms with Crippen LogP contribution in [0.4, 0.5) is 5.69 Å². The molecule has 0 saturated carbocycles. The van der Waals surface area contributed by atoms with Crippen LogP contribution in [0.5, 0.6) is 11.5 Å². The van der Waals surface area contributed by atoms with E-state index in [0.717, 1.165) is 10.6 Å². The Hall–Kier alpha value is -2.69. The molecule has 9 nitrogen and oxygen atoms in total. The first-order valence-corrected chi connectivity index (χ1v) is 14.2. The molecular formula is C25H33Cl2N3O6S. The number of methoxy groups -OCH3 is 2. The topological polar surface area (TPSA) is 105 Å². The second kappa shape index (κ2) is 13.2. The van der Waals surface area contributed by atoms with Gasteiger partial charge in [-0.15, -0.1) is 0 Å². The lowest BCUT2D eigenvalue weighted by atomic mass is 10.1. The highest BCUT2D eigenvalue weighted by atomic mass is 35.5. The Bertz CT molecular complexity index is 1220. The van der Waals surface area contributed by atoms with Gasteiger partial charge in [-0.1, -0.05) is 36.2 Å². The summed E-state index contributed by atoms with van der Waals surface area (Å²) < 4.78 is 37.2. The molecule has 0 heterocycles. The Kier molecular flexibility index (Phi) is 10.9. The number of ether oxygens (including phenoxy) is 2. The normalized spacial score (nSPS) is 12.9. The lowest BCUT2D eigenvalue weighted by Gasteiger charge is -2.32. The first-order valence-electron chi connectivity index (χ1n) is 11.6. The van der Waals surface area contributed by atoms with Crippen LogP contribution in [0.3, 0.4) is 0 Å². The number of nitrogens with zero attached hydrogens (tertiary/aromatic N) is 2. The van der Waals surface area contributed by atoms with E-state index in [9.17, 15) is 18.0 Å². The van der Waals surface area contributed by atoms with Crippen LogP contribution in [-0.2, 0) is 26.2 Å². The minimum atomic E-state index is -3.95. The minimum absolute atomic E-state index is 0.00232. The van der Waals surface area contributed by atoms with Crippen LogP contribution in [0.25, 0.3) is 0 Å². The Labute approximate surface area is 228 Å². The fraction of sp³-hybridized carbons (Fsp3) is 0.440. The van der Waals surface area contributed by atoms with Crippen molar-refractivity contribution < 1.29 is 27.5 Å². The third-order valence-electron chi connectivity index (χ3n) is 5.84. The lowest BCUT2D eigenvalue weighted by Crippen LogP contribution is -2.52. The summed E-state index contributed by atoms with van der Waals surface area (Å²) in [7, 11) is -1.11. The van der Waals surface area contributed by atoms with E-state index in [0.29, 0.717) is 27.8 Å². The number of carbonyl (C=O) groups is 2. The fourth-order valence-electron chi connectivity index (χ4n) is 3.47. The lowest BCUT2D eigenvalue weighted by molar-refractivity contribution is -0.139. The second-order valence-electron chi connectivity index (χ2n) is 8.57. The van der Waals surface area contributed by atoms with Gasteiger partial charge in [0, 0.05) is 18.7 Å². The predicted molar refractivity (Wildman–Crippen MR) is 146 cm³/mol. The van der Waals surface area contributed by atoms with Crippen LogP contribution >= 0.6 is 23.2 Å². The number of amides is 2. The summed E-state index contributed by atoms with van der Waals surface area (Å²) in [5.74, 6) is -0.357. The number of sulfonamides is 1. The van der Waals surface area contributed by atoms with Crippen LogP contribution < -0.4 is 19.1 Å². The van der Waals surface area contributed by atoms with Gasteiger partial charge in [-0.25, -0.2) is 8.42 Å². The first kappa shape index (κ1) is 30.5. The monoisotopic (exact) mass is 573 g/mol. The van der Waals surface area contributed by atoms with Crippen molar-refractivity contribution in [2.75, 3.05) is 31.3 Å². The molecule has 2 amide bonds. The molecule has 0 aliphatic carbocycles. The van der Waals surface area contributed by atoms with Crippen LogP contribution in [0.1, 0.15) is 32.8 Å². The van der Waals surface area contributed by atoms with Gasteiger partial charge in [0.2, 0.25) is 21.8 Å². The summed E-state index contributed by atoms with van der Waals surface area (Å²) >= 11 is 12.2. The average molecular weight is 575 g/mol. The summed E-state index contributed by atoms with van der Waals surface area (Å²) in [4.78, 5) is 28.0. The van der Waals surface area contributed by atoms with Crippen LogP contribution in [-0.4, -0.2) is 64.2 Å². The van der Waals surface area contributed by atoms with E-state index in [-0.39, 0.29) is 29.9 Å². The van der Waals surface area contributed by atoms with Crippen molar-refractivity contribution in [2.45, 2.75) is 45.8 Å². The third kappa shape index (κ3) is 8.15. The van der Waals surface area contributed by atoms with Crippen LogP contribution in [0.15, 0.2) is 36.4 Å². The highest BCUT2D eigenvalue weighted by Gasteiger charge is 2.31. The zero-order chi connectivity index (χ0) is 27.9. The van der Waals surface area contributed by atoms with Gasteiger partial charge in [0.1, 0.15) is 24.1 Å². The van der Waals surface area contributed by atoms with E-state index >= 15 is 0 Å². The van der Waals surface area contributed by atoms with E-state index in [4.69, 9.17) is 32.7 Å². The number of halogens is 2. The number of benzene rings is 2. The van der Waals surface area contributed by atoms with Crippen molar-refractivity contribution in [3.63, 3.8) is 0 Å². The molecule has 37 heavy (non-hydrogen) atoms. The molecule has 12 heteroatoms. The minimum Gasteiger partial charge on any atom is -0.497 e. The molecule has 2 rings (SSSR count). The van der Waals surface area contributed by atoms with E-state index in [1.54, 1.807) is 37.3 Å². The molecule has 0 bridgehead atoms. The van der Waals surface area contributed by atoms with Crippen LogP contribution in [0, 0.1) is 0 Å². The summed E-state index contributed by atoms with van der Waals surface area (Å²) in [6, 6.07) is 8.49. The summed E-state index contributed by atoms with van der Waals surface area (Å²) in [5, 5.41) is 3.51. The molecule has 2 atom stereocenters. The molecule has 0 radical (unpaired) electrons. The number of hydrogen-bond donors (Lipinski definition) is 1. The molecule has 0 fully saturated rings. The van der Waals surface area contributed by atoms with Crippen molar-refractivity contribution in [3.05, 3.63) is 52.0 Å². The zero-order valence-electron chi connectivity index (χ0n) is 21.7. The molecule has 204 valence electrons. The van der Waals surface area contributed by atoms with Crippen molar-refractivity contribution in [1.82, 2.24) is 10.2 Å². The Balaban J connectivity index is 2.50. The molecule has 0 aliphatic rings. The van der Waals surface area contributed by atoms with Crippen molar-refractivity contribution >= 4 is 50.7 Å². The molecule has 0 unspecified atom stereocenters. The largest absolute Gasteiger partial charge is 0.497 e. The van der Waals surface area contributed by atoms with Gasteiger partial charge in [0.25, 0.3) is 0 Å². The summed E-state index contributed by atoms with van der Waals surface area (Å²) in [6.45, 7) is 4.79. The van der Waals surface area contributed by atoms with Gasteiger partial charge >= 0.3 is 0 Å². The number of rotatable bonds is 12. The standard InChI is InChI=1S/C25H33Cl2N3O6S/c1-7-16(2)28-25(32)17(3)29(14-18-8-10-20(26)21(27)12-18)24(31)15-30(37(6,33)34)22-13-19(35-4)9-11-23(22)36-5/h8-13,16-17H,7,14-15H2,1-6H3,(H,28,32)/t16-,17-/m0/s1. The van der Waals surface area contributed by atoms with Crippen molar-refractivity contribution in [3.8, 4) is 11.5 Å². The van der Waals surface area contributed by atoms with Gasteiger partial charge in [0.15, 0.2) is 0 Å². The number of anilines is 1. The molecule has 2 aromatic rings. The Morgan fingerprint density at radius 2 is 1.70 bits per heavy atom. The van der Waals surface area contributed by atoms with Gasteiger partial charge in [-0.2, -0.15) is 0 Å². The van der Waals surface area contributed by atoms with Gasteiger partial charge in [-0.05, 0) is 50.1 Å². The van der Waals surface area contributed by atoms with Crippen molar-refractivity contribution in [2.24, 2.45) is 0 Å². The molecule has 0 spiro atoms. The Morgan fingerprint density at radius 3 is 2.24 bits per heavy atom. The van der Waals surface area contributed by atoms with E-state index in [1.807, 2.05) is 13.8 Å². The number of hydrogen-bond acceptors (Lipinski definition) is 6. The van der Waals surface area contributed by atoms with Crippen molar-refractivity contribution in [1.29, 1.82) is 0 Å². The highest BCUT2D eigenvalue weighted by molar-refractivity contribution is 7.92. The maximum absolute atomic E-state index is 13.7.